The Morgan fingerprint density at radius 1 is 1.07 bits per heavy atom. The Balaban J connectivity index is 1.83. The van der Waals surface area contributed by atoms with Gasteiger partial charge >= 0.3 is 0 Å². The molecule has 1 aliphatic carbocycles. The fourth-order valence-electron chi connectivity index (χ4n) is 3.87. The quantitative estimate of drug-likeness (QED) is 0.348. The third-order valence-electron chi connectivity index (χ3n) is 5.63. The van der Waals surface area contributed by atoms with E-state index < -0.39 is 0 Å². The standard InChI is InChI=1S/C25H38N2O3/c1-3-5-6-7-8-12-19-30-23-17-15-22(16-18-23)27(25(29)4-2)20-24(28)26-21-13-10-9-11-14-21/h4,15-18,21H,2-3,5-14,19-20H2,1H3,(H,26,28). The van der Waals surface area contributed by atoms with Crippen LogP contribution in [0.2, 0.25) is 0 Å². The van der Waals surface area contributed by atoms with Crippen molar-refractivity contribution in [1.29, 1.82) is 0 Å². The van der Waals surface area contributed by atoms with Crippen molar-refractivity contribution in [3.63, 3.8) is 0 Å². The molecule has 1 fully saturated rings. The van der Waals surface area contributed by atoms with Crippen LogP contribution in [0.15, 0.2) is 36.9 Å². The van der Waals surface area contributed by atoms with E-state index in [2.05, 4.69) is 18.8 Å². The summed E-state index contributed by atoms with van der Waals surface area (Å²) in [5, 5.41) is 3.07. The second kappa shape index (κ2) is 13.8. The van der Waals surface area contributed by atoms with E-state index >= 15 is 0 Å². The molecule has 0 unspecified atom stereocenters. The molecular formula is C25H38N2O3. The molecule has 0 atom stereocenters. The SMILES string of the molecule is C=CC(=O)N(CC(=O)NC1CCCCC1)c1ccc(OCCCCCCCC)cc1. The van der Waals surface area contributed by atoms with Crippen LogP contribution in [0.4, 0.5) is 5.69 Å². The molecule has 1 N–H and O–H groups in total. The van der Waals surface area contributed by atoms with Crippen LogP contribution in [-0.2, 0) is 9.59 Å². The average Bonchev–Trinajstić information content (AvgIpc) is 2.77. The summed E-state index contributed by atoms with van der Waals surface area (Å²) in [7, 11) is 0. The Hall–Kier alpha value is -2.30. The third kappa shape index (κ3) is 8.60. The smallest absolute Gasteiger partial charge is 0.250 e. The predicted octanol–water partition coefficient (Wildman–Crippen LogP) is 5.39. The molecule has 0 aliphatic heterocycles. The summed E-state index contributed by atoms with van der Waals surface area (Å²) in [6.07, 6.45) is 14.2. The van der Waals surface area contributed by atoms with Crippen molar-refractivity contribution in [2.24, 2.45) is 0 Å². The van der Waals surface area contributed by atoms with E-state index in [1.807, 2.05) is 24.3 Å². The summed E-state index contributed by atoms with van der Waals surface area (Å²) in [5.74, 6) is 0.375. The van der Waals surface area contributed by atoms with Crippen molar-refractivity contribution >= 4 is 17.5 Å². The van der Waals surface area contributed by atoms with Crippen molar-refractivity contribution in [2.75, 3.05) is 18.1 Å². The van der Waals surface area contributed by atoms with E-state index in [1.54, 1.807) is 0 Å². The van der Waals surface area contributed by atoms with Gasteiger partial charge in [-0.2, -0.15) is 0 Å². The van der Waals surface area contributed by atoms with E-state index in [9.17, 15) is 9.59 Å². The zero-order chi connectivity index (χ0) is 21.6. The maximum Gasteiger partial charge on any atom is 0.250 e. The van der Waals surface area contributed by atoms with Gasteiger partial charge in [-0.1, -0.05) is 64.9 Å². The molecule has 1 aliphatic rings. The Bertz CT molecular complexity index is 651. The van der Waals surface area contributed by atoms with Crippen LogP contribution < -0.4 is 15.0 Å². The van der Waals surface area contributed by atoms with Crippen LogP contribution in [0.25, 0.3) is 0 Å². The van der Waals surface area contributed by atoms with E-state index in [1.165, 1.54) is 49.5 Å². The van der Waals surface area contributed by atoms with E-state index in [-0.39, 0.29) is 24.4 Å². The number of rotatable bonds is 13. The van der Waals surface area contributed by atoms with Crippen LogP contribution in [0.5, 0.6) is 5.75 Å². The number of benzene rings is 1. The summed E-state index contributed by atoms with van der Waals surface area (Å²) < 4.78 is 5.81. The van der Waals surface area contributed by atoms with Crippen molar-refractivity contribution in [3.05, 3.63) is 36.9 Å². The molecule has 2 amide bonds. The summed E-state index contributed by atoms with van der Waals surface area (Å²) in [5.41, 5.74) is 0.672. The molecule has 5 nitrogen and oxygen atoms in total. The molecule has 1 saturated carbocycles. The number of amides is 2. The third-order valence-corrected chi connectivity index (χ3v) is 5.63. The minimum atomic E-state index is -0.283. The molecule has 1 aromatic rings. The fourth-order valence-corrected chi connectivity index (χ4v) is 3.87. The van der Waals surface area contributed by atoms with Gasteiger partial charge in [-0.15, -0.1) is 0 Å². The number of carbonyl (C=O) groups excluding carboxylic acids is 2. The van der Waals surface area contributed by atoms with Gasteiger partial charge < -0.3 is 10.1 Å². The van der Waals surface area contributed by atoms with Gasteiger partial charge in [0.25, 0.3) is 5.91 Å². The van der Waals surface area contributed by atoms with Crippen LogP contribution in [0.3, 0.4) is 0 Å². The van der Waals surface area contributed by atoms with Gasteiger partial charge in [0.1, 0.15) is 12.3 Å². The molecule has 0 aromatic heterocycles. The van der Waals surface area contributed by atoms with Gasteiger partial charge in [0.2, 0.25) is 5.91 Å². The lowest BCUT2D eigenvalue weighted by molar-refractivity contribution is -0.123. The fraction of sp³-hybridized carbons (Fsp3) is 0.600. The van der Waals surface area contributed by atoms with Gasteiger partial charge in [-0.05, 0) is 49.6 Å². The van der Waals surface area contributed by atoms with E-state index in [0.717, 1.165) is 37.9 Å². The summed E-state index contributed by atoms with van der Waals surface area (Å²) in [4.78, 5) is 26.3. The molecule has 0 saturated heterocycles. The van der Waals surface area contributed by atoms with Crippen molar-refractivity contribution < 1.29 is 14.3 Å². The molecule has 166 valence electrons. The number of anilines is 1. The zero-order valence-corrected chi connectivity index (χ0v) is 18.5. The van der Waals surface area contributed by atoms with Gasteiger partial charge in [0, 0.05) is 11.7 Å². The topological polar surface area (TPSA) is 58.6 Å². The summed E-state index contributed by atoms with van der Waals surface area (Å²) >= 11 is 0. The normalized spacial score (nSPS) is 14.2. The minimum Gasteiger partial charge on any atom is -0.494 e. The highest BCUT2D eigenvalue weighted by molar-refractivity contribution is 6.04. The Labute approximate surface area is 181 Å². The van der Waals surface area contributed by atoms with Crippen LogP contribution in [-0.4, -0.2) is 31.0 Å². The number of unbranched alkanes of at least 4 members (excludes halogenated alkanes) is 5. The lowest BCUT2D eigenvalue weighted by Gasteiger charge is -2.25. The molecule has 0 spiro atoms. The maximum atomic E-state index is 12.5. The summed E-state index contributed by atoms with van der Waals surface area (Å²) in [6, 6.07) is 7.59. The zero-order valence-electron chi connectivity index (χ0n) is 18.5. The van der Waals surface area contributed by atoms with Gasteiger partial charge in [-0.3, -0.25) is 14.5 Å². The predicted molar refractivity (Wildman–Crippen MR) is 123 cm³/mol. The van der Waals surface area contributed by atoms with Crippen LogP contribution in [0, 0.1) is 0 Å². The Kier molecular flexibility index (Phi) is 11.1. The van der Waals surface area contributed by atoms with Crippen LogP contribution >= 0.6 is 0 Å². The van der Waals surface area contributed by atoms with Gasteiger partial charge in [-0.25, -0.2) is 0 Å². The number of nitrogens with zero attached hydrogens (tertiary/aromatic N) is 1. The van der Waals surface area contributed by atoms with Crippen molar-refractivity contribution in [2.45, 2.75) is 83.6 Å². The molecule has 5 heteroatoms. The minimum absolute atomic E-state index is 0.000677. The largest absolute Gasteiger partial charge is 0.494 e. The number of nitrogens with one attached hydrogen (secondary N) is 1. The second-order valence-corrected chi connectivity index (χ2v) is 8.14. The second-order valence-electron chi connectivity index (χ2n) is 8.14. The molecule has 30 heavy (non-hydrogen) atoms. The molecule has 0 radical (unpaired) electrons. The van der Waals surface area contributed by atoms with Crippen molar-refractivity contribution in [1.82, 2.24) is 5.32 Å². The molecule has 2 rings (SSSR count). The Morgan fingerprint density at radius 2 is 1.73 bits per heavy atom. The first-order valence-corrected chi connectivity index (χ1v) is 11.6. The average molecular weight is 415 g/mol. The monoisotopic (exact) mass is 414 g/mol. The Morgan fingerprint density at radius 3 is 2.40 bits per heavy atom. The molecule has 0 heterocycles. The molecule has 1 aromatic carbocycles. The summed E-state index contributed by atoms with van der Waals surface area (Å²) in [6.45, 7) is 6.50. The first-order valence-electron chi connectivity index (χ1n) is 11.6. The van der Waals surface area contributed by atoms with E-state index in [4.69, 9.17) is 4.74 Å². The highest BCUT2D eigenvalue weighted by Gasteiger charge is 2.20. The lowest BCUT2D eigenvalue weighted by Crippen LogP contribution is -2.44. The number of carbonyl (C=O) groups is 2. The number of hydrogen-bond acceptors (Lipinski definition) is 3. The molecule has 0 bridgehead atoms. The van der Waals surface area contributed by atoms with Gasteiger partial charge in [0.15, 0.2) is 0 Å². The van der Waals surface area contributed by atoms with E-state index in [0.29, 0.717) is 12.3 Å². The highest BCUT2D eigenvalue weighted by atomic mass is 16.5. The van der Waals surface area contributed by atoms with Gasteiger partial charge in [0.05, 0.1) is 6.61 Å². The maximum absolute atomic E-state index is 12.5. The lowest BCUT2D eigenvalue weighted by atomic mass is 9.95. The van der Waals surface area contributed by atoms with Crippen LogP contribution in [0.1, 0.15) is 77.6 Å². The first-order chi connectivity index (χ1) is 14.6. The number of hydrogen-bond donors (Lipinski definition) is 1. The number of ether oxygens (including phenoxy) is 1. The molecular weight excluding hydrogens is 376 g/mol. The first kappa shape index (κ1) is 24.0. The van der Waals surface area contributed by atoms with Crippen molar-refractivity contribution in [3.8, 4) is 5.75 Å². The highest BCUT2D eigenvalue weighted by Crippen LogP contribution is 2.21.